The van der Waals surface area contributed by atoms with E-state index in [1.165, 1.54) is 11.1 Å². The fourth-order valence-corrected chi connectivity index (χ4v) is 2.00. The molecular weight excluding hydrogens is 224 g/mol. The minimum atomic E-state index is -0.0812. The molecule has 0 aromatic heterocycles. The van der Waals surface area contributed by atoms with Gasteiger partial charge in [0.25, 0.3) is 0 Å². The smallest absolute Gasteiger partial charge is 0.233 e. The predicted molar refractivity (Wildman–Crippen MR) is 74.9 cm³/mol. The second-order valence-corrected chi connectivity index (χ2v) is 5.19. The maximum atomic E-state index is 10.9. The summed E-state index contributed by atoms with van der Waals surface area (Å²) in [4.78, 5) is 10.9. The second kappa shape index (κ2) is 7.88. The lowest BCUT2D eigenvalue weighted by Crippen LogP contribution is -2.29. The number of nitrogens with two attached hydrogens (primary N) is 1. The van der Waals surface area contributed by atoms with Gasteiger partial charge < -0.3 is 0 Å². The van der Waals surface area contributed by atoms with Gasteiger partial charge in [-0.05, 0) is 42.7 Å². The summed E-state index contributed by atoms with van der Waals surface area (Å²) in [6.07, 6.45) is 4.59. The van der Waals surface area contributed by atoms with Crippen LogP contribution < -0.4 is 11.3 Å². The Bertz CT molecular complexity index is 357. The van der Waals surface area contributed by atoms with Gasteiger partial charge in [0.1, 0.15) is 0 Å². The summed E-state index contributed by atoms with van der Waals surface area (Å²) in [5, 5.41) is 0. The second-order valence-electron chi connectivity index (χ2n) is 5.19. The number of carbonyl (C=O) groups excluding carboxylic acids is 1. The summed E-state index contributed by atoms with van der Waals surface area (Å²) in [7, 11) is 0. The van der Waals surface area contributed by atoms with E-state index < -0.39 is 0 Å². The Kier molecular flexibility index (Phi) is 6.44. The molecule has 18 heavy (non-hydrogen) atoms. The highest BCUT2D eigenvalue weighted by Crippen LogP contribution is 2.12. The largest absolute Gasteiger partial charge is 0.294 e. The molecule has 0 saturated heterocycles. The van der Waals surface area contributed by atoms with Crippen molar-refractivity contribution in [3.8, 4) is 0 Å². The Hall–Kier alpha value is -1.35. The molecule has 3 N–H and O–H groups in total. The number of hydrazine groups is 1. The van der Waals surface area contributed by atoms with E-state index in [-0.39, 0.29) is 5.91 Å². The van der Waals surface area contributed by atoms with E-state index in [4.69, 9.17) is 5.84 Å². The van der Waals surface area contributed by atoms with Gasteiger partial charge in [0.2, 0.25) is 5.91 Å². The first-order valence-corrected chi connectivity index (χ1v) is 6.69. The van der Waals surface area contributed by atoms with E-state index in [1.54, 1.807) is 0 Å². The van der Waals surface area contributed by atoms with E-state index in [2.05, 4.69) is 43.5 Å². The number of aryl methyl sites for hydroxylation is 1. The molecule has 0 aliphatic rings. The SMILES string of the molecule is CC(C)Cc1ccc(CCCCC(=O)NN)cc1. The first-order chi connectivity index (χ1) is 8.61. The molecule has 0 saturated carbocycles. The molecule has 0 aliphatic carbocycles. The van der Waals surface area contributed by atoms with Crippen LogP contribution in [0.5, 0.6) is 0 Å². The van der Waals surface area contributed by atoms with E-state index in [0.29, 0.717) is 12.3 Å². The number of benzene rings is 1. The molecule has 100 valence electrons. The van der Waals surface area contributed by atoms with Crippen LogP contribution in [-0.4, -0.2) is 5.91 Å². The summed E-state index contributed by atoms with van der Waals surface area (Å²) in [5.41, 5.74) is 4.89. The lowest BCUT2D eigenvalue weighted by molar-refractivity contribution is -0.121. The Morgan fingerprint density at radius 3 is 2.33 bits per heavy atom. The number of hydrogen-bond donors (Lipinski definition) is 2. The molecule has 3 heteroatoms. The summed E-state index contributed by atoms with van der Waals surface area (Å²) >= 11 is 0. The Morgan fingerprint density at radius 1 is 1.17 bits per heavy atom. The van der Waals surface area contributed by atoms with Crippen molar-refractivity contribution in [3.63, 3.8) is 0 Å². The zero-order valence-electron chi connectivity index (χ0n) is 11.4. The standard InChI is InChI=1S/C15H24N2O/c1-12(2)11-14-9-7-13(8-10-14)5-3-4-6-15(18)17-16/h7-10,12H,3-6,11,16H2,1-2H3,(H,17,18). The van der Waals surface area contributed by atoms with Crippen LogP contribution in [0.2, 0.25) is 0 Å². The number of nitrogens with one attached hydrogen (secondary N) is 1. The van der Waals surface area contributed by atoms with Crippen LogP contribution in [-0.2, 0) is 17.6 Å². The van der Waals surface area contributed by atoms with Crippen LogP contribution in [0.4, 0.5) is 0 Å². The van der Waals surface area contributed by atoms with Crippen molar-refractivity contribution in [2.24, 2.45) is 11.8 Å². The van der Waals surface area contributed by atoms with Crippen molar-refractivity contribution in [2.75, 3.05) is 0 Å². The van der Waals surface area contributed by atoms with E-state index >= 15 is 0 Å². The summed E-state index contributed by atoms with van der Waals surface area (Å²) < 4.78 is 0. The normalized spacial score (nSPS) is 10.7. The fourth-order valence-electron chi connectivity index (χ4n) is 2.00. The number of amides is 1. The Balaban J connectivity index is 2.28. The molecule has 0 radical (unpaired) electrons. The molecule has 0 atom stereocenters. The molecule has 3 nitrogen and oxygen atoms in total. The summed E-state index contributed by atoms with van der Waals surface area (Å²) in [6.45, 7) is 4.47. The lowest BCUT2D eigenvalue weighted by atomic mass is 10.00. The highest BCUT2D eigenvalue weighted by molar-refractivity contribution is 5.75. The number of carbonyl (C=O) groups is 1. The molecule has 1 aromatic rings. The van der Waals surface area contributed by atoms with Gasteiger partial charge in [0, 0.05) is 6.42 Å². The van der Waals surface area contributed by atoms with Crippen LogP contribution in [0.1, 0.15) is 44.2 Å². The molecule has 0 bridgehead atoms. The molecule has 1 aromatic carbocycles. The van der Waals surface area contributed by atoms with Crippen LogP contribution in [0.3, 0.4) is 0 Å². The number of hydrogen-bond acceptors (Lipinski definition) is 2. The van der Waals surface area contributed by atoms with Crippen molar-refractivity contribution in [2.45, 2.75) is 46.0 Å². The van der Waals surface area contributed by atoms with Gasteiger partial charge in [-0.25, -0.2) is 5.84 Å². The van der Waals surface area contributed by atoms with Gasteiger partial charge in [-0.2, -0.15) is 0 Å². The van der Waals surface area contributed by atoms with Gasteiger partial charge in [0.05, 0.1) is 0 Å². The summed E-state index contributed by atoms with van der Waals surface area (Å²) in [6, 6.07) is 8.81. The molecule has 0 heterocycles. The average molecular weight is 248 g/mol. The third kappa shape index (κ3) is 5.82. The van der Waals surface area contributed by atoms with Crippen LogP contribution in [0.25, 0.3) is 0 Å². The van der Waals surface area contributed by atoms with Crippen LogP contribution >= 0.6 is 0 Å². The highest BCUT2D eigenvalue weighted by atomic mass is 16.2. The van der Waals surface area contributed by atoms with Crippen molar-refractivity contribution in [3.05, 3.63) is 35.4 Å². The van der Waals surface area contributed by atoms with Crippen LogP contribution in [0, 0.1) is 5.92 Å². The van der Waals surface area contributed by atoms with Gasteiger partial charge in [0.15, 0.2) is 0 Å². The van der Waals surface area contributed by atoms with E-state index in [1.807, 2.05) is 0 Å². The van der Waals surface area contributed by atoms with Crippen molar-refractivity contribution in [1.29, 1.82) is 0 Å². The van der Waals surface area contributed by atoms with Gasteiger partial charge in [-0.3, -0.25) is 10.2 Å². The maximum Gasteiger partial charge on any atom is 0.233 e. The van der Waals surface area contributed by atoms with Gasteiger partial charge in [-0.1, -0.05) is 38.1 Å². The molecule has 0 aliphatic heterocycles. The predicted octanol–water partition coefficient (Wildman–Crippen LogP) is 2.59. The highest BCUT2D eigenvalue weighted by Gasteiger charge is 2.00. The van der Waals surface area contributed by atoms with Gasteiger partial charge >= 0.3 is 0 Å². The summed E-state index contributed by atoms with van der Waals surface area (Å²) in [5.74, 6) is 5.64. The lowest BCUT2D eigenvalue weighted by Gasteiger charge is -2.06. The van der Waals surface area contributed by atoms with Crippen molar-refractivity contribution < 1.29 is 4.79 Å². The number of unbranched alkanes of at least 4 members (excludes halogenated alkanes) is 1. The molecule has 0 fully saturated rings. The van der Waals surface area contributed by atoms with Crippen LogP contribution in [0.15, 0.2) is 24.3 Å². The Labute approximate surface area is 110 Å². The minimum Gasteiger partial charge on any atom is -0.294 e. The number of rotatable bonds is 7. The maximum absolute atomic E-state index is 10.9. The third-order valence-electron chi connectivity index (χ3n) is 2.95. The van der Waals surface area contributed by atoms with Crippen molar-refractivity contribution >= 4 is 5.91 Å². The Morgan fingerprint density at radius 2 is 1.78 bits per heavy atom. The zero-order valence-corrected chi connectivity index (χ0v) is 11.4. The topological polar surface area (TPSA) is 55.1 Å². The molecule has 1 amide bonds. The van der Waals surface area contributed by atoms with E-state index in [9.17, 15) is 4.79 Å². The molecule has 0 spiro atoms. The monoisotopic (exact) mass is 248 g/mol. The first kappa shape index (κ1) is 14.7. The third-order valence-corrected chi connectivity index (χ3v) is 2.95. The quantitative estimate of drug-likeness (QED) is 0.337. The minimum absolute atomic E-state index is 0.0812. The van der Waals surface area contributed by atoms with E-state index in [0.717, 1.165) is 25.7 Å². The van der Waals surface area contributed by atoms with Gasteiger partial charge in [-0.15, -0.1) is 0 Å². The molecule has 1 rings (SSSR count). The van der Waals surface area contributed by atoms with Crippen molar-refractivity contribution in [1.82, 2.24) is 5.43 Å². The molecular formula is C15H24N2O. The fraction of sp³-hybridized carbons (Fsp3) is 0.533. The molecule has 0 unspecified atom stereocenters. The average Bonchev–Trinajstić information content (AvgIpc) is 2.35. The first-order valence-electron chi connectivity index (χ1n) is 6.69. The zero-order chi connectivity index (χ0) is 13.4.